The Balaban J connectivity index is 2.03. The fourth-order valence-corrected chi connectivity index (χ4v) is 2.09. The molecule has 0 N–H and O–H groups in total. The summed E-state index contributed by atoms with van der Waals surface area (Å²) in [5.74, 6) is 0.607. The molecule has 0 saturated carbocycles. The molecular weight excluding hydrogens is 212 g/mol. The third-order valence-corrected chi connectivity index (χ3v) is 2.92. The molecule has 1 atom stereocenters. The van der Waals surface area contributed by atoms with Crippen LogP contribution >= 0.6 is 11.9 Å². The van der Waals surface area contributed by atoms with Crippen LogP contribution in [-0.4, -0.2) is 23.4 Å². The van der Waals surface area contributed by atoms with Crippen LogP contribution in [-0.2, 0) is 4.74 Å². The molecule has 0 aromatic carbocycles. The van der Waals surface area contributed by atoms with Gasteiger partial charge in [0.05, 0.1) is 17.4 Å². The van der Waals surface area contributed by atoms with E-state index in [4.69, 9.17) is 9.47 Å². The lowest BCUT2D eigenvalue weighted by Crippen LogP contribution is -2.37. The third kappa shape index (κ3) is 1.48. The molecule has 5 heteroatoms. The highest BCUT2D eigenvalue weighted by atomic mass is 32.2. The standard InChI is InChI=1S/C10H8N2O2S/c1-2-8-9(11-4-1)14-10(6-12-15-8)3-5-13-7-10/h1-6H,7H2. The molecule has 0 amide bonds. The second kappa shape index (κ2) is 3.27. The van der Waals surface area contributed by atoms with Gasteiger partial charge in [-0.25, -0.2) is 9.38 Å². The van der Waals surface area contributed by atoms with Gasteiger partial charge in [0.2, 0.25) is 11.5 Å². The summed E-state index contributed by atoms with van der Waals surface area (Å²) in [6.07, 6.45) is 6.94. The van der Waals surface area contributed by atoms with Gasteiger partial charge in [-0.15, -0.1) is 0 Å². The van der Waals surface area contributed by atoms with Gasteiger partial charge in [0.25, 0.3) is 0 Å². The van der Waals surface area contributed by atoms with Crippen LogP contribution in [0.3, 0.4) is 0 Å². The normalized spacial score (nSPS) is 26.9. The Kier molecular flexibility index (Phi) is 1.92. The highest BCUT2D eigenvalue weighted by molar-refractivity contribution is 7.98. The molecular formula is C10H8N2O2S. The number of hydrogen-bond acceptors (Lipinski definition) is 5. The molecule has 1 aromatic rings. The fraction of sp³-hybridized carbons (Fsp3) is 0.200. The Morgan fingerprint density at radius 1 is 1.47 bits per heavy atom. The third-order valence-electron chi connectivity index (χ3n) is 2.20. The van der Waals surface area contributed by atoms with Gasteiger partial charge in [-0.3, -0.25) is 0 Å². The maximum Gasteiger partial charge on any atom is 0.230 e. The lowest BCUT2D eigenvalue weighted by molar-refractivity contribution is 0.119. The van der Waals surface area contributed by atoms with Crippen molar-refractivity contribution in [3.8, 4) is 5.88 Å². The summed E-state index contributed by atoms with van der Waals surface area (Å²) in [5.41, 5.74) is -0.577. The first-order valence-corrected chi connectivity index (χ1v) is 5.30. The van der Waals surface area contributed by atoms with Crippen LogP contribution in [0, 0.1) is 0 Å². The minimum atomic E-state index is -0.577. The monoisotopic (exact) mass is 220 g/mol. The topological polar surface area (TPSA) is 43.7 Å². The predicted molar refractivity (Wildman–Crippen MR) is 57.0 cm³/mol. The summed E-state index contributed by atoms with van der Waals surface area (Å²) in [4.78, 5) is 5.11. The summed E-state index contributed by atoms with van der Waals surface area (Å²) in [5, 5.41) is 0. The van der Waals surface area contributed by atoms with Crippen molar-refractivity contribution >= 4 is 18.2 Å². The van der Waals surface area contributed by atoms with Crippen molar-refractivity contribution in [3.05, 3.63) is 30.7 Å². The Labute approximate surface area is 91.2 Å². The Bertz CT molecular complexity index is 447. The second-order valence-electron chi connectivity index (χ2n) is 3.30. The van der Waals surface area contributed by atoms with Gasteiger partial charge in [0.15, 0.2) is 0 Å². The van der Waals surface area contributed by atoms with Crippen molar-refractivity contribution in [1.82, 2.24) is 4.98 Å². The molecule has 0 radical (unpaired) electrons. The van der Waals surface area contributed by atoms with Gasteiger partial charge in [0.1, 0.15) is 6.61 Å². The van der Waals surface area contributed by atoms with E-state index >= 15 is 0 Å². The van der Waals surface area contributed by atoms with Crippen molar-refractivity contribution in [2.45, 2.75) is 10.5 Å². The van der Waals surface area contributed by atoms with E-state index in [0.717, 1.165) is 4.90 Å². The number of pyridine rings is 1. The van der Waals surface area contributed by atoms with E-state index < -0.39 is 5.60 Å². The van der Waals surface area contributed by atoms with E-state index in [2.05, 4.69) is 9.38 Å². The molecule has 2 aliphatic rings. The van der Waals surface area contributed by atoms with Gasteiger partial charge in [-0.05, 0) is 12.1 Å². The van der Waals surface area contributed by atoms with Gasteiger partial charge in [-0.1, -0.05) is 0 Å². The molecule has 3 rings (SSSR count). The van der Waals surface area contributed by atoms with E-state index in [1.807, 2.05) is 18.2 Å². The molecule has 1 aromatic heterocycles. The van der Waals surface area contributed by atoms with Crippen molar-refractivity contribution < 1.29 is 9.47 Å². The molecule has 1 unspecified atom stereocenters. The van der Waals surface area contributed by atoms with Crippen molar-refractivity contribution in [3.63, 3.8) is 0 Å². The van der Waals surface area contributed by atoms with Crippen LogP contribution in [0.5, 0.6) is 5.88 Å². The van der Waals surface area contributed by atoms with Gasteiger partial charge in [0, 0.05) is 24.2 Å². The molecule has 0 aliphatic carbocycles. The molecule has 0 bridgehead atoms. The molecule has 3 heterocycles. The van der Waals surface area contributed by atoms with Crippen LogP contribution in [0.25, 0.3) is 0 Å². The summed E-state index contributed by atoms with van der Waals surface area (Å²) < 4.78 is 15.2. The molecule has 0 saturated heterocycles. The van der Waals surface area contributed by atoms with Crippen LogP contribution < -0.4 is 4.74 Å². The van der Waals surface area contributed by atoms with Crippen molar-refractivity contribution in [2.75, 3.05) is 6.61 Å². The minimum absolute atomic E-state index is 0.451. The Morgan fingerprint density at radius 3 is 3.33 bits per heavy atom. The van der Waals surface area contributed by atoms with Crippen LogP contribution in [0.2, 0.25) is 0 Å². The first-order valence-electron chi connectivity index (χ1n) is 4.53. The molecule has 1 spiro atoms. The van der Waals surface area contributed by atoms with Crippen LogP contribution in [0.1, 0.15) is 0 Å². The minimum Gasteiger partial charge on any atom is -0.496 e. The Morgan fingerprint density at radius 2 is 2.47 bits per heavy atom. The van der Waals surface area contributed by atoms with Crippen LogP contribution in [0.4, 0.5) is 0 Å². The first-order chi connectivity index (χ1) is 7.38. The van der Waals surface area contributed by atoms with E-state index in [1.54, 1.807) is 18.7 Å². The van der Waals surface area contributed by atoms with E-state index in [-0.39, 0.29) is 0 Å². The molecule has 0 fully saturated rings. The lowest BCUT2D eigenvalue weighted by Gasteiger charge is -2.20. The zero-order valence-corrected chi connectivity index (χ0v) is 8.61. The second-order valence-corrected chi connectivity index (χ2v) is 4.14. The maximum absolute atomic E-state index is 5.81. The summed E-state index contributed by atoms with van der Waals surface area (Å²) in [6.45, 7) is 0.451. The molecule has 2 aliphatic heterocycles. The van der Waals surface area contributed by atoms with Crippen LogP contribution in [0.15, 0.2) is 40.0 Å². The van der Waals surface area contributed by atoms with E-state index in [9.17, 15) is 0 Å². The number of hydrogen-bond donors (Lipinski definition) is 0. The highest BCUT2D eigenvalue weighted by Crippen LogP contribution is 2.34. The van der Waals surface area contributed by atoms with E-state index in [1.165, 1.54) is 11.9 Å². The molecule has 4 nitrogen and oxygen atoms in total. The zero-order chi connectivity index (χ0) is 10.1. The number of nitrogens with zero attached hydrogens (tertiary/aromatic N) is 2. The summed E-state index contributed by atoms with van der Waals surface area (Å²) in [6, 6.07) is 3.80. The molecule has 76 valence electrons. The SMILES string of the molecule is C1=CC2(C=NSc3cccnc3O2)CO1. The lowest BCUT2D eigenvalue weighted by atomic mass is 10.1. The average Bonchev–Trinajstić information content (AvgIpc) is 2.61. The number of ether oxygens (including phenoxy) is 2. The quantitative estimate of drug-likeness (QED) is 0.626. The average molecular weight is 220 g/mol. The first kappa shape index (κ1) is 8.79. The number of aromatic nitrogens is 1. The Hall–Kier alpha value is -1.49. The van der Waals surface area contributed by atoms with Gasteiger partial charge in [-0.2, -0.15) is 0 Å². The number of fused-ring (bicyclic) bond motifs is 1. The summed E-state index contributed by atoms with van der Waals surface area (Å²) >= 11 is 1.36. The fourth-order valence-electron chi connectivity index (χ4n) is 1.43. The largest absolute Gasteiger partial charge is 0.496 e. The van der Waals surface area contributed by atoms with Gasteiger partial charge < -0.3 is 9.47 Å². The smallest absolute Gasteiger partial charge is 0.230 e. The molecule has 15 heavy (non-hydrogen) atoms. The summed E-state index contributed by atoms with van der Waals surface area (Å²) in [7, 11) is 0. The van der Waals surface area contributed by atoms with Crippen molar-refractivity contribution in [1.29, 1.82) is 0 Å². The van der Waals surface area contributed by atoms with Gasteiger partial charge >= 0.3 is 0 Å². The highest BCUT2D eigenvalue weighted by Gasteiger charge is 2.35. The predicted octanol–water partition coefficient (Wildman–Crippen LogP) is 1.83. The number of rotatable bonds is 0. The zero-order valence-electron chi connectivity index (χ0n) is 7.79. The van der Waals surface area contributed by atoms with E-state index in [0.29, 0.717) is 12.5 Å². The maximum atomic E-state index is 5.81. The van der Waals surface area contributed by atoms with Crippen molar-refractivity contribution in [2.24, 2.45) is 4.40 Å².